The first-order chi connectivity index (χ1) is 31.3. The lowest BCUT2D eigenvalue weighted by Gasteiger charge is -2.62. The van der Waals surface area contributed by atoms with E-state index < -0.39 is 11.1 Å². The molecule has 4 atom stereocenters. The van der Waals surface area contributed by atoms with E-state index in [1.165, 1.54) is 11.1 Å². The van der Waals surface area contributed by atoms with Gasteiger partial charge < -0.3 is 0 Å². The Balaban J connectivity index is 1.17. The van der Waals surface area contributed by atoms with E-state index in [0.717, 1.165) is 57.4 Å². The fraction of sp³-hybridized carbons (Fsp3) is 0.138. The number of para-hydroxylation sites is 6. The molecule has 314 valence electrons. The summed E-state index contributed by atoms with van der Waals surface area (Å²) in [5, 5.41) is 0. The van der Waals surface area contributed by atoms with E-state index in [0.29, 0.717) is 11.8 Å². The van der Waals surface area contributed by atoms with Crippen LogP contribution in [0.2, 0.25) is 0 Å². The lowest BCUT2D eigenvalue weighted by molar-refractivity contribution is 0.452. The van der Waals surface area contributed by atoms with Crippen LogP contribution in [0.3, 0.4) is 0 Å². The fourth-order valence-corrected chi connectivity index (χ4v) is 10.0. The summed E-state index contributed by atoms with van der Waals surface area (Å²) in [6, 6.07) is 71.7. The molecule has 3 aliphatic rings. The summed E-state index contributed by atoms with van der Waals surface area (Å²) in [5.41, 5.74) is 9.64. The highest BCUT2D eigenvalue weighted by Gasteiger charge is 2.58. The van der Waals surface area contributed by atoms with Gasteiger partial charge in [0.05, 0.1) is 22.5 Å². The lowest BCUT2D eigenvalue weighted by Crippen LogP contribution is -2.72. The Morgan fingerprint density at radius 3 is 1.12 bits per heavy atom. The predicted molar refractivity (Wildman–Crippen MR) is 269 cm³/mol. The summed E-state index contributed by atoms with van der Waals surface area (Å²) in [7, 11) is 0. The maximum absolute atomic E-state index is 5.69. The molecule has 0 N–H and O–H groups in total. The summed E-state index contributed by atoms with van der Waals surface area (Å²) in [6.45, 7) is 9.42. The fourth-order valence-electron chi connectivity index (χ4n) is 10.0. The molecule has 6 nitrogen and oxygen atoms in total. The largest absolute Gasteiger partial charge is 0.299 e. The van der Waals surface area contributed by atoms with E-state index in [-0.39, 0.29) is 0 Å². The first-order valence-corrected chi connectivity index (χ1v) is 22.3. The van der Waals surface area contributed by atoms with Crippen molar-refractivity contribution in [3.63, 3.8) is 0 Å². The molecule has 2 aliphatic carbocycles. The van der Waals surface area contributed by atoms with Crippen molar-refractivity contribution in [2.45, 2.75) is 38.8 Å². The SMILES string of the molecule is CC1C=CC2(C)C3=C1C(C)C=CC3(C)N(c1ccccc1)C(=Nc1ccc(N=C(N(c3ccccc3)c3ccccc3)N(c3ccccc3)c3ccccc3)cc1)N2c1ccccc1. The molecule has 0 amide bonds. The number of benzene rings is 7. The highest BCUT2D eigenvalue weighted by molar-refractivity contribution is 6.17. The van der Waals surface area contributed by atoms with Crippen molar-refractivity contribution < 1.29 is 0 Å². The molecule has 0 spiro atoms. The zero-order valence-corrected chi connectivity index (χ0v) is 36.8. The first kappa shape index (κ1) is 40.4. The smallest absolute Gasteiger partial charge is 0.220 e. The van der Waals surface area contributed by atoms with Gasteiger partial charge in [0.2, 0.25) is 11.9 Å². The normalized spacial score (nSPS) is 21.0. The molecule has 4 unspecified atom stereocenters. The van der Waals surface area contributed by atoms with Gasteiger partial charge in [0, 0.05) is 34.1 Å². The van der Waals surface area contributed by atoms with E-state index in [2.05, 4.69) is 254 Å². The Labute approximate surface area is 377 Å². The molecular weight excluding hydrogens is 781 g/mol. The van der Waals surface area contributed by atoms with Gasteiger partial charge in [-0.1, -0.05) is 153 Å². The second-order valence-electron chi connectivity index (χ2n) is 17.1. The molecule has 10 rings (SSSR count). The van der Waals surface area contributed by atoms with E-state index >= 15 is 0 Å². The molecule has 0 radical (unpaired) electrons. The van der Waals surface area contributed by atoms with Crippen LogP contribution >= 0.6 is 0 Å². The molecule has 6 heteroatoms. The van der Waals surface area contributed by atoms with Gasteiger partial charge in [0.25, 0.3) is 0 Å². The van der Waals surface area contributed by atoms with Gasteiger partial charge in [-0.05, 0) is 128 Å². The number of anilines is 6. The van der Waals surface area contributed by atoms with E-state index in [1.54, 1.807) is 0 Å². The Morgan fingerprint density at radius 1 is 0.438 bits per heavy atom. The van der Waals surface area contributed by atoms with Crippen LogP contribution in [-0.4, -0.2) is 23.0 Å². The monoisotopic (exact) mass is 832 g/mol. The zero-order chi connectivity index (χ0) is 43.7. The van der Waals surface area contributed by atoms with Crippen molar-refractivity contribution in [2.75, 3.05) is 19.6 Å². The van der Waals surface area contributed by atoms with Gasteiger partial charge >= 0.3 is 0 Å². The van der Waals surface area contributed by atoms with Crippen molar-refractivity contribution >= 4 is 57.4 Å². The number of allylic oxidation sites excluding steroid dienone is 3. The molecule has 0 aromatic heterocycles. The third-order valence-electron chi connectivity index (χ3n) is 12.8. The number of hydrogen-bond donors (Lipinski definition) is 0. The standard InChI is InChI=1S/C58H52N6/c1-43-39-41-57(3)54-53(43)44(2)40-42-58(54,4)64(52-33-21-10-22-34-52)56(63(57)51-31-19-9-20-32-51)60-46-37-35-45(36-38-46)59-55(61(47-23-11-5-12-24-47)48-25-13-6-14-26-48)62(49-27-15-7-16-28-49)50-29-17-8-18-30-50/h5-44H,1-4H3. The molecule has 1 heterocycles. The Kier molecular flexibility index (Phi) is 10.6. The van der Waals surface area contributed by atoms with E-state index in [1.807, 2.05) is 24.3 Å². The van der Waals surface area contributed by atoms with Crippen LogP contribution in [0.5, 0.6) is 0 Å². The van der Waals surface area contributed by atoms with Crippen molar-refractivity contribution in [2.24, 2.45) is 21.8 Å². The Hall–Kier alpha value is -7.70. The van der Waals surface area contributed by atoms with Crippen molar-refractivity contribution in [1.82, 2.24) is 0 Å². The number of rotatable bonds is 8. The average Bonchev–Trinajstić information content (AvgIpc) is 3.34. The maximum atomic E-state index is 5.69. The van der Waals surface area contributed by atoms with E-state index in [4.69, 9.17) is 9.98 Å². The number of hydrogen-bond acceptors (Lipinski definition) is 2. The number of aliphatic imine (C=N–C) groups is 2. The van der Waals surface area contributed by atoms with Gasteiger partial charge in [-0.2, -0.15) is 0 Å². The predicted octanol–water partition coefficient (Wildman–Crippen LogP) is 14.6. The van der Waals surface area contributed by atoms with Crippen LogP contribution in [0.1, 0.15) is 27.7 Å². The van der Waals surface area contributed by atoms with Gasteiger partial charge in [-0.15, -0.1) is 0 Å². The second-order valence-corrected chi connectivity index (χ2v) is 17.1. The van der Waals surface area contributed by atoms with Gasteiger partial charge in [0.15, 0.2) is 0 Å². The lowest BCUT2D eigenvalue weighted by atomic mass is 9.62. The second kappa shape index (κ2) is 16.9. The Bertz CT molecular complexity index is 2630. The van der Waals surface area contributed by atoms with Crippen LogP contribution in [-0.2, 0) is 0 Å². The summed E-state index contributed by atoms with van der Waals surface area (Å²) < 4.78 is 0. The van der Waals surface area contributed by atoms with Crippen molar-refractivity contribution in [3.8, 4) is 0 Å². The first-order valence-electron chi connectivity index (χ1n) is 22.3. The molecule has 1 fully saturated rings. The topological polar surface area (TPSA) is 37.7 Å². The third kappa shape index (κ3) is 7.21. The van der Waals surface area contributed by atoms with Crippen LogP contribution in [0.4, 0.5) is 45.5 Å². The van der Waals surface area contributed by atoms with Crippen molar-refractivity contribution in [1.29, 1.82) is 0 Å². The highest BCUT2D eigenvalue weighted by Crippen LogP contribution is 2.55. The molecular formula is C58H52N6. The number of nitrogens with zero attached hydrogens (tertiary/aromatic N) is 6. The van der Waals surface area contributed by atoms with Gasteiger partial charge in [-0.25, -0.2) is 9.98 Å². The molecule has 1 aliphatic heterocycles. The summed E-state index contributed by atoms with van der Waals surface area (Å²) >= 11 is 0. The summed E-state index contributed by atoms with van der Waals surface area (Å²) in [4.78, 5) is 20.6. The van der Waals surface area contributed by atoms with Crippen LogP contribution in [0, 0.1) is 11.8 Å². The zero-order valence-electron chi connectivity index (χ0n) is 36.8. The van der Waals surface area contributed by atoms with Gasteiger partial charge in [0.1, 0.15) is 0 Å². The van der Waals surface area contributed by atoms with Gasteiger partial charge in [-0.3, -0.25) is 19.6 Å². The minimum absolute atomic E-state index is 0.313. The molecule has 1 saturated heterocycles. The molecule has 0 bridgehead atoms. The van der Waals surface area contributed by atoms with Crippen LogP contribution in [0.15, 0.2) is 252 Å². The highest BCUT2D eigenvalue weighted by atomic mass is 15.5. The molecule has 7 aromatic rings. The molecule has 0 saturated carbocycles. The molecule has 64 heavy (non-hydrogen) atoms. The molecule has 7 aromatic carbocycles. The minimum atomic E-state index is -0.489. The van der Waals surface area contributed by atoms with Crippen LogP contribution in [0.25, 0.3) is 0 Å². The Morgan fingerprint density at radius 2 is 0.766 bits per heavy atom. The third-order valence-corrected chi connectivity index (χ3v) is 12.8. The van der Waals surface area contributed by atoms with E-state index in [9.17, 15) is 0 Å². The maximum Gasteiger partial charge on any atom is 0.220 e. The van der Waals surface area contributed by atoms with Crippen LogP contribution < -0.4 is 19.6 Å². The minimum Gasteiger partial charge on any atom is -0.299 e. The quantitative estimate of drug-likeness (QED) is 0.0868. The average molecular weight is 833 g/mol. The summed E-state index contributed by atoms with van der Waals surface area (Å²) in [6.07, 6.45) is 9.63. The summed E-state index contributed by atoms with van der Waals surface area (Å²) in [5.74, 6) is 2.20. The number of guanidine groups is 2. The van der Waals surface area contributed by atoms with Crippen molar-refractivity contribution in [3.05, 3.63) is 242 Å².